The molecule has 1 saturated heterocycles. The molecular formula is C23H27F4N7O2S. The minimum Gasteiger partial charge on any atom is -0.477 e. The van der Waals surface area contributed by atoms with E-state index in [0.717, 1.165) is 43.7 Å². The summed E-state index contributed by atoms with van der Waals surface area (Å²) in [7, 11) is 0. The fourth-order valence-corrected chi connectivity index (χ4v) is 4.77. The van der Waals surface area contributed by atoms with Crippen LogP contribution in [-0.4, -0.2) is 83.9 Å². The Morgan fingerprint density at radius 3 is 2.68 bits per heavy atom. The van der Waals surface area contributed by atoms with Crippen LogP contribution in [0.3, 0.4) is 0 Å². The Kier molecular flexibility index (Phi) is 8.69. The van der Waals surface area contributed by atoms with Crippen LogP contribution in [0, 0.1) is 12.8 Å². The summed E-state index contributed by atoms with van der Waals surface area (Å²) in [5.74, 6) is 0.488. The zero-order valence-corrected chi connectivity index (χ0v) is 20.9. The number of likely N-dealkylation sites (tertiary alicyclic amines) is 1. The Bertz CT molecular complexity index is 1130. The lowest BCUT2D eigenvalue weighted by Gasteiger charge is -2.30. The van der Waals surface area contributed by atoms with E-state index in [1.165, 1.54) is 6.20 Å². The summed E-state index contributed by atoms with van der Waals surface area (Å²) in [4.78, 5) is 26.7. The Morgan fingerprint density at radius 1 is 1.27 bits per heavy atom. The van der Waals surface area contributed by atoms with Gasteiger partial charge in [-0.1, -0.05) is 0 Å². The molecule has 0 radical (unpaired) electrons. The Balaban J connectivity index is 1.30. The maximum absolute atomic E-state index is 12.9. The molecule has 37 heavy (non-hydrogen) atoms. The van der Waals surface area contributed by atoms with E-state index < -0.39 is 24.7 Å². The second-order valence-electron chi connectivity index (χ2n) is 8.78. The highest BCUT2D eigenvalue weighted by Crippen LogP contribution is 2.28. The van der Waals surface area contributed by atoms with Crippen molar-refractivity contribution in [2.45, 2.75) is 32.0 Å². The van der Waals surface area contributed by atoms with Crippen molar-refractivity contribution in [3.05, 3.63) is 29.6 Å². The molecular weight excluding hydrogens is 514 g/mol. The zero-order valence-electron chi connectivity index (χ0n) is 20.1. The van der Waals surface area contributed by atoms with E-state index in [1.54, 1.807) is 19.1 Å². The molecule has 1 amide bonds. The number of aliphatic imine (C=N–C) groups is 2. The van der Waals surface area contributed by atoms with Gasteiger partial charge in [-0.05, 0) is 56.4 Å². The standard InChI is InChI=1S/C23H27F4N7O2S/c1-14-20(22(37-33-14)32-18-12-28-17(11-29-18)23(25,26)27)21(35)31-16-2-3-19(30-10-16)36-13-15-4-7-34(8-5-15)9-6-24/h2-3,10,12,15,17H,4-9,11,13H2,1H3,(H,29,32)(H,31,35). The van der Waals surface area contributed by atoms with Gasteiger partial charge in [0.05, 0.1) is 42.5 Å². The molecule has 0 aromatic carbocycles. The van der Waals surface area contributed by atoms with Gasteiger partial charge in [-0.2, -0.15) is 17.5 Å². The summed E-state index contributed by atoms with van der Waals surface area (Å²) in [6, 6.07) is 1.46. The highest BCUT2D eigenvalue weighted by Gasteiger charge is 2.40. The molecule has 4 heterocycles. The number of ether oxygens (including phenoxy) is 1. The molecule has 2 aliphatic heterocycles. The zero-order chi connectivity index (χ0) is 26.4. The van der Waals surface area contributed by atoms with Crippen molar-refractivity contribution in [3.63, 3.8) is 0 Å². The van der Waals surface area contributed by atoms with Crippen molar-refractivity contribution in [3.8, 4) is 5.88 Å². The highest BCUT2D eigenvalue weighted by atomic mass is 32.1. The number of rotatable bonds is 8. The van der Waals surface area contributed by atoms with Gasteiger partial charge in [0.1, 0.15) is 17.5 Å². The van der Waals surface area contributed by atoms with E-state index in [1.807, 2.05) is 0 Å². The lowest BCUT2D eigenvalue weighted by molar-refractivity contribution is -0.144. The third-order valence-electron chi connectivity index (χ3n) is 6.09. The summed E-state index contributed by atoms with van der Waals surface area (Å²) in [6.45, 7) is 3.52. The van der Waals surface area contributed by atoms with Gasteiger partial charge in [-0.25, -0.2) is 9.37 Å². The van der Waals surface area contributed by atoms with Gasteiger partial charge in [0, 0.05) is 12.6 Å². The van der Waals surface area contributed by atoms with Crippen molar-refractivity contribution in [2.24, 2.45) is 15.9 Å². The number of piperidine rings is 1. The molecule has 200 valence electrons. The maximum Gasteiger partial charge on any atom is 0.412 e. The monoisotopic (exact) mass is 541 g/mol. The molecule has 1 fully saturated rings. The average Bonchev–Trinajstić information content (AvgIpc) is 3.24. The Hall–Kier alpha value is -3.13. The molecule has 14 heteroatoms. The molecule has 0 bridgehead atoms. The lowest BCUT2D eigenvalue weighted by Crippen LogP contribution is -2.36. The van der Waals surface area contributed by atoms with Gasteiger partial charge >= 0.3 is 6.18 Å². The molecule has 0 saturated carbocycles. The number of hydrogen-bond donors (Lipinski definition) is 2. The second-order valence-corrected chi connectivity index (χ2v) is 9.56. The van der Waals surface area contributed by atoms with Crippen LogP contribution in [-0.2, 0) is 0 Å². The Morgan fingerprint density at radius 2 is 2.05 bits per heavy atom. The summed E-state index contributed by atoms with van der Waals surface area (Å²) in [6.07, 6.45) is -0.0801. The quantitative estimate of drug-likeness (QED) is 0.490. The van der Waals surface area contributed by atoms with Crippen LogP contribution in [0.5, 0.6) is 5.88 Å². The fraction of sp³-hybridized carbons (Fsp3) is 0.522. The maximum atomic E-state index is 12.9. The van der Waals surface area contributed by atoms with Gasteiger partial charge in [-0.3, -0.25) is 14.8 Å². The van der Waals surface area contributed by atoms with Crippen LogP contribution in [0.2, 0.25) is 0 Å². The second kappa shape index (κ2) is 11.9. The number of anilines is 2. The third kappa shape index (κ3) is 7.22. The minimum atomic E-state index is -4.46. The van der Waals surface area contributed by atoms with Crippen LogP contribution in [0.4, 0.5) is 28.3 Å². The number of aryl methyl sites for hydroxylation is 1. The number of alkyl halides is 4. The number of carbonyl (C=O) groups excluding carboxylic acids is 1. The predicted octanol–water partition coefficient (Wildman–Crippen LogP) is 3.98. The molecule has 1 unspecified atom stereocenters. The van der Waals surface area contributed by atoms with Crippen LogP contribution >= 0.6 is 11.5 Å². The largest absolute Gasteiger partial charge is 0.477 e. The van der Waals surface area contributed by atoms with Crippen LogP contribution in [0.25, 0.3) is 0 Å². The van der Waals surface area contributed by atoms with E-state index in [2.05, 4.69) is 34.9 Å². The molecule has 2 aliphatic rings. The highest BCUT2D eigenvalue weighted by molar-refractivity contribution is 7.11. The summed E-state index contributed by atoms with van der Waals surface area (Å²) < 4.78 is 60.8. The van der Waals surface area contributed by atoms with Gasteiger partial charge < -0.3 is 20.3 Å². The van der Waals surface area contributed by atoms with Crippen LogP contribution < -0.4 is 15.4 Å². The number of carbonyl (C=O) groups is 1. The van der Waals surface area contributed by atoms with Crippen LogP contribution in [0.15, 0.2) is 28.3 Å². The first-order valence-corrected chi connectivity index (χ1v) is 12.6. The number of halogens is 4. The topological polar surface area (TPSA) is 104 Å². The first-order valence-electron chi connectivity index (χ1n) is 11.8. The van der Waals surface area contributed by atoms with Crippen molar-refractivity contribution in [2.75, 3.05) is 50.1 Å². The van der Waals surface area contributed by atoms with E-state index in [9.17, 15) is 22.4 Å². The van der Waals surface area contributed by atoms with Gasteiger partial charge in [0.2, 0.25) is 5.88 Å². The molecule has 9 nitrogen and oxygen atoms in total. The lowest BCUT2D eigenvalue weighted by atomic mass is 9.98. The summed E-state index contributed by atoms with van der Waals surface area (Å²) in [5, 5.41) is 5.94. The van der Waals surface area contributed by atoms with Crippen molar-refractivity contribution in [1.29, 1.82) is 0 Å². The summed E-state index contributed by atoms with van der Waals surface area (Å²) in [5.41, 5.74) is 1.15. The fourth-order valence-electron chi connectivity index (χ4n) is 3.96. The minimum absolute atomic E-state index is 0.120. The number of amides is 1. The number of nitrogens with zero attached hydrogens (tertiary/aromatic N) is 5. The van der Waals surface area contributed by atoms with Crippen LogP contribution in [0.1, 0.15) is 28.9 Å². The van der Waals surface area contributed by atoms with Crippen molar-refractivity contribution < 1.29 is 27.1 Å². The molecule has 0 aliphatic carbocycles. The SMILES string of the molecule is Cc1nsc(NC2=NCC(C(F)(F)F)N=C2)c1C(=O)Nc1ccc(OCC2CCN(CCF)CC2)nc1. The molecule has 2 aromatic rings. The molecule has 0 spiro atoms. The third-order valence-corrected chi connectivity index (χ3v) is 6.94. The number of amidine groups is 1. The van der Waals surface area contributed by atoms with Crippen molar-refractivity contribution >= 4 is 40.2 Å². The average molecular weight is 542 g/mol. The smallest absolute Gasteiger partial charge is 0.412 e. The first-order chi connectivity index (χ1) is 17.7. The number of hydrogen-bond acceptors (Lipinski definition) is 9. The van der Waals surface area contributed by atoms with Gasteiger partial charge in [0.15, 0.2) is 6.04 Å². The van der Waals surface area contributed by atoms with Crippen molar-refractivity contribution in [1.82, 2.24) is 14.3 Å². The molecule has 4 rings (SSSR count). The molecule has 2 aromatic heterocycles. The van der Waals surface area contributed by atoms with Gasteiger partial charge in [0.25, 0.3) is 5.91 Å². The van der Waals surface area contributed by atoms with Gasteiger partial charge in [-0.15, -0.1) is 0 Å². The molecule has 2 N–H and O–H groups in total. The summed E-state index contributed by atoms with van der Waals surface area (Å²) >= 11 is 0.996. The van der Waals surface area contributed by atoms with E-state index in [0.29, 0.717) is 41.3 Å². The number of pyridine rings is 1. The molecule has 1 atom stereocenters. The first kappa shape index (κ1) is 26.9. The van der Waals surface area contributed by atoms with E-state index >= 15 is 0 Å². The predicted molar refractivity (Wildman–Crippen MR) is 134 cm³/mol. The normalized spacial score (nSPS) is 18.9. The van der Waals surface area contributed by atoms with E-state index in [-0.39, 0.29) is 18.1 Å². The van der Waals surface area contributed by atoms with E-state index in [4.69, 9.17) is 4.74 Å². The number of nitrogens with one attached hydrogen (secondary N) is 2. The Labute approximate surface area is 215 Å². The number of aromatic nitrogens is 2.